The van der Waals surface area contributed by atoms with Crippen LogP contribution in [-0.4, -0.2) is 19.8 Å². The van der Waals surface area contributed by atoms with Gasteiger partial charge in [0.05, 0.1) is 6.61 Å². The molecule has 3 nitrogen and oxygen atoms in total. The van der Waals surface area contributed by atoms with Gasteiger partial charge in [-0.15, -0.1) is 0 Å². The predicted molar refractivity (Wildman–Crippen MR) is 70.1 cm³/mol. The van der Waals surface area contributed by atoms with E-state index in [1.807, 2.05) is 0 Å². The minimum atomic E-state index is -0.325. The number of nitrogens with two attached hydrogens (primary N) is 1. The number of halogens is 1. The van der Waals surface area contributed by atoms with Crippen LogP contribution in [0.25, 0.3) is 0 Å². The maximum absolute atomic E-state index is 13.2. The molecule has 0 saturated heterocycles. The average molecular weight is 255 g/mol. The topological polar surface area (TPSA) is 44.5 Å². The lowest BCUT2D eigenvalue weighted by molar-refractivity contribution is 0.0924. The van der Waals surface area contributed by atoms with Crippen molar-refractivity contribution in [2.45, 2.75) is 26.8 Å². The molecule has 0 radical (unpaired) electrons. The summed E-state index contributed by atoms with van der Waals surface area (Å²) in [5, 5.41) is 0. The predicted octanol–water partition coefficient (Wildman–Crippen LogP) is 2.73. The van der Waals surface area contributed by atoms with E-state index in [1.54, 1.807) is 6.07 Å². The van der Waals surface area contributed by atoms with Crippen LogP contribution >= 0.6 is 0 Å². The third-order valence-electron chi connectivity index (χ3n) is 2.50. The van der Waals surface area contributed by atoms with Crippen molar-refractivity contribution in [3.63, 3.8) is 0 Å². The highest BCUT2D eigenvalue weighted by atomic mass is 19.1. The van der Waals surface area contributed by atoms with Crippen LogP contribution in [0.2, 0.25) is 0 Å². The van der Waals surface area contributed by atoms with Gasteiger partial charge < -0.3 is 15.2 Å². The van der Waals surface area contributed by atoms with Gasteiger partial charge in [-0.2, -0.15) is 0 Å². The summed E-state index contributed by atoms with van der Waals surface area (Å²) in [5.41, 5.74) is 6.19. The molecule has 0 spiro atoms. The summed E-state index contributed by atoms with van der Waals surface area (Å²) in [4.78, 5) is 0. The zero-order valence-electron chi connectivity index (χ0n) is 11.1. The first-order valence-corrected chi connectivity index (χ1v) is 6.32. The SMILES string of the molecule is CC(C)CCOCCOc1cc(F)cc(CN)c1. The second-order valence-electron chi connectivity index (χ2n) is 4.64. The van der Waals surface area contributed by atoms with Crippen molar-refractivity contribution in [3.8, 4) is 5.75 Å². The molecule has 4 heteroatoms. The van der Waals surface area contributed by atoms with Gasteiger partial charge in [-0.3, -0.25) is 0 Å². The van der Waals surface area contributed by atoms with Crippen LogP contribution in [0.5, 0.6) is 5.75 Å². The summed E-state index contributed by atoms with van der Waals surface area (Å²) < 4.78 is 24.0. The van der Waals surface area contributed by atoms with Crippen LogP contribution < -0.4 is 10.5 Å². The summed E-state index contributed by atoms with van der Waals surface area (Å²) in [6.45, 7) is 6.28. The van der Waals surface area contributed by atoms with Crippen LogP contribution in [0.4, 0.5) is 4.39 Å². The monoisotopic (exact) mass is 255 g/mol. The Balaban J connectivity index is 2.24. The molecule has 102 valence electrons. The number of benzene rings is 1. The van der Waals surface area contributed by atoms with E-state index in [2.05, 4.69) is 13.8 Å². The summed E-state index contributed by atoms with van der Waals surface area (Å²) in [5.74, 6) is 0.817. The molecule has 0 aliphatic rings. The van der Waals surface area contributed by atoms with Gasteiger partial charge in [0.1, 0.15) is 18.2 Å². The number of ether oxygens (including phenoxy) is 2. The fourth-order valence-corrected chi connectivity index (χ4v) is 1.46. The molecule has 0 aromatic heterocycles. The number of hydrogen-bond donors (Lipinski definition) is 1. The second-order valence-corrected chi connectivity index (χ2v) is 4.64. The zero-order valence-corrected chi connectivity index (χ0v) is 11.1. The molecule has 18 heavy (non-hydrogen) atoms. The maximum atomic E-state index is 13.2. The molecule has 1 aromatic carbocycles. The smallest absolute Gasteiger partial charge is 0.127 e. The molecule has 0 heterocycles. The third-order valence-corrected chi connectivity index (χ3v) is 2.50. The lowest BCUT2D eigenvalue weighted by atomic mass is 10.1. The van der Waals surface area contributed by atoms with E-state index >= 15 is 0 Å². The molecule has 0 aliphatic heterocycles. The minimum Gasteiger partial charge on any atom is -0.491 e. The summed E-state index contributed by atoms with van der Waals surface area (Å²) in [6, 6.07) is 4.51. The fraction of sp³-hybridized carbons (Fsp3) is 0.571. The lowest BCUT2D eigenvalue weighted by Crippen LogP contribution is -2.09. The fourth-order valence-electron chi connectivity index (χ4n) is 1.46. The molecule has 0 saturated carbocycles. The van der Waals surface area contributed by atoms with Gasteiger partial charge in [-0.1, -0.05) is 13.8 Å². The third kappa shape index (κ3) is 5.98. The van der Waals surface area contributed by atoms with Gasteiger partial charge >= 0.3 is 0 Å². The lowest BCUT2D eigenvalue weighted by Gasteiger charge is -2.09. The molecule has 0 amide bonds. The Hall–Kier alpha value is -1.13. The van der Waals surface area contributed by atoms with Gasteiger partial charge in [0.15, 0.2) is 0 Å². The highest BCUT2D eigenvalue weighted by Gasteiger charge is 2.01. The Bertz CT molecular complexity index is 356. The van der Waals surface area contributed by atoms with Crippen molar-refractivity contribution in [2.24, 2.45) is 11.7 Å². The molecule has 1 aromatic rings. The van der Waals surface area contributed by atoms with Crippen molar-refractivity contribution in [3.05, 3.63) is 29.6 Å². The Morgan fingerprint density at radius 1 is 1.17 bits per heavy atom. The molecule has 0 bridgehead atoms. The van der Waals surface area contributed by atoms with Crippen LogP contribution in [-0.2, 0) is 11.3 Å². The summed E-state index contributed by atoms with van der Waals surface area (Å²) >= 11 is 0. The highest BCUT2D eigenvalue weighted by Crippen LogP contribution is 2.16. The largest absolute Gasteiger partial charge is 0.491 e. The van der Waals surface area contributed by atoms with Crippen molar-refractivity contribution in [1.29, 1.82) is 0 Å². The Labute approximate surface area is 108 Å². The molecule has 0 unspecified atom stereocenters. The first-order chi connectivity index (χ1) is 8.61. The molecule has 0 fully saturated rings. The highest BCUT2D eigenvalue weighted by molar-refractivity contribution is 5.29. The molecule has 2 N–H and O–H groups in total. The molecular weight excluding hydrogens is 233 g/mol. The number of hydrogen-bond acceptors (Lipinski definition) is 3. The van der Waals surface area contributed by atoms with Gasteiger partial charge in [-0.25, -0.2) is 4.39 Å². The van der Waals surface area contributed by atoms with Crippen molar-refractivity contribution < 1.29 is 13.9 Å². The molecule has 0 aliphatic carbocycles. The van der Waals surface area contributed by atoms with E-state index in [4.69, 9.17) is 15.2 Å². The standard InChI is InChI=1S/C14H22FNO2/c1-11(2)3-4-17-5-6-18-14-8-12(10-16)7-13(15)9-14/h7-9,11H,3-6,10,16H2,1-2H3. The second kappa shape index (κ2) is 8.06. The first kappa shape index (κ1) is 14.9. The van der Waals surface area contributed by atoms with E-state index in [-0.39, 0.29) is 5.82 Å². The van der Waals surface area contributed by atoms with Crippen molar-refractivity contribution in [1.82, 2.24) is 0 Å². The van der Waals surface area contributed by atoms with E-state index in [1.165, 1.54) is 12.1 Å². The van der Waals surface area contributed by atoms with E-state index in [0.717, 1.165) is 18.6 Å². The van der Waals surface area contributed by atoms with E-state index in [0.29, 0.717) is 31.4 Å². The minimum absolute atomic E-state index is 0.305. The Morgan fingerprint density at radius 2 is 1.94 bits per heavy atom. The maximum Gasteiger partial charge on any atom is 0.127 e. The van der Waals surface area contributed by atoms with Crippen molar-refractivity contribution in [2.75, 3.05) is 19.8 Å². The van der Waals surface area contributed by atoms with Crippen LogP contribution in [0.3, 0.4) is 0 Å². The van der Waals surface area contributed by atoms with Gasteiger partial charge in [-0.05, 0) is 30.0 Å². The molecular formula is C14H22FNO2. The van der Waals surface area contributed by atoms with E-state index < -0.39 is 0 Å². The van der Waals surface area contributed by atoms with Crippen LogP contribution in [0, 0.1) is 11.7 Å². The quantitative estimate of drug-likeness (QED) is 0.726. The average Bonchev–Trinajstić information content (AvgIpc) is 2.32. The van der Waals surface area contributed by atoms with Gasteiger partial charge in [0.2, 0.25) is 0 Å². The summed E-state index contributed by atoms with van der Waals surface area (Å²) in [6.07, 6.45) is 1.04. The Morgan fingerprint density at radius 3 is 2.61 bits per heavy atom. The zero-order chi connectivity index (χ0) is 13.4. The Kier molecular flexibility index (Phi) is 6.68. The van der Waals surface area contributed by atoms with Gasteiger partial charge in [0, 0.05) is 19.2 Å². The molecule has 0 atom stereocenters. The normalized spacial score (nSPS) is 10.9. The van der Waals surface area contributed by atoms with E-state index in [9.17, 15) is 4.39 Å². The molecule has 1 rings (SSSR count). The van der Waals surface area contributed by atoms with Crippen molar-refractivity contribution >= 4 is 0 Å². The first-order valence-electron chi connectivity index (χ1n) is 6.32. The summed E-state index contributed by atoms with van der Waals surface area (Å²) in [7, 11) is 0. The number of rotatable bonds is 8. The van der Waals surface area contributed by atoms with Crippen LogP contribution in [0.15, 0.2) is 18.2 Å². The van der Waals surface area contributed by atoms with Crippen LogP contribution in [0.1, 0.15) is 25.8 Å². The van der Waals surface area contributed by atoms with Gasteiger partial charge in [0.25, 0.3) is 0 Å².